The number of aromatic hydroxyl groups is 1. The summed E-state index contributed by atoms with van der Waals surface area (Å²) < 4.78 is 5.53. The molecule has 0 radical (unpaired) electrons. The van der Waals surface area contributed by atoms with E-state index in [1.807, 2.05) is 30.3 Å². The number of aliphatic hydroxyl groups excluding tert-OH is 1. The highest BCUT2D eigenvalue weighted by molar-refractivity contribution is 7.14. The minimum atomic E-state index is -0.828. The number of benzene rings is 2. The van der Waals surface area contributed by atoms with Gasteiger partial charge in [0.2, 0.25) is 5.78 Å². The highest BCUT2D eigenvalue weighted by atomic mass is 32.1. The Morgan fingerprint density at radius 3 is 2.53 bits per heavy atom. The monoisotopic (exact) mass is 478 g/mol. The lowest BCUT2D eigenvalue weighted by Crippen LogP contribution is -2.33. The Hall–Kier alpha value is -3.65. The third-order valence-corrected chi connectivity index (χ3v) is 6.81. The summed E-state index contributed by atoms with van der Waals surface area (Å²) in [6.07, 6.45) is 0.549. The molecule has 8 heteroatoms. The maximum absolute atomic E-state index is 13.6. The molecule has 0 bridgehead atoms. The standard InChI is InChI=1S/C26H26N2O5S/c1-4-33-20-14-18(10-11-19(20)29)22-21(23(30)25-15(2)27-16(3)34-25)24(31)26(32)28(22)13-12-17-8-6-5-7-9-17/h5-11,14,22,29,31H,4,12-13H2,1-3H3. The van der Waals surface area contributed by atoms with Crippen molar-refractivity contribution in [3.05, 3.63) is 86.6 Å². The van der Waals surface area contributed by atoms with Crippen LogP contribution in [-0.2, 0) is 11.2 Å². The fourth-order valence-electron chi connectivity index (χ4n) is 4.19. The average Bonchev–Trinajstić information content (AvgIpc) is 3.29. The first-order valence-electron chi connectivity index (χ1n) is 11.0. The fourth-order valence-corrected chi connectivity index (χ4v) is 5.07. The molecule has 0 fully saturated rings. The largest absolute Gasteiger partial charge is 0.504 e. The Balaban J connectivity index is 1.78. The van der Waals surface area contributed by atoms with Crippen molar-refractivity contribution in [2.45, 2.75) is 33.2 Å². The number of Topliss-reactive ketones (excluding diaryl/α,β-unsaturated/α-hetero) is 1. The second-order valence-corrected chi connectivity index (χ2v) is 9.24. The minimum Gasteiger partial charge on any atom is -0.504 e. The van der Waals surface area contributed by atoms with Gasteiger partial charge in [-0.2, -0.15) is 0 Å². The number of nitrogens with zero attached hydrogens (tertiary/aromatic N) is 2. The molecule has 0 spiro atoms. The highest BCUT2D eigenvalue weighted by Crippen LogP contribution is 2.42. The van der Waals surface area contributed by atoms with Gasteiger partial charge in [0.1, 0.15) is 0 Å². The van der Waals surface area contributed by atoms with Crippen LogP contribution in [0.15, 0.2) is 59.9 Å². The van der Waals surface area contributed by atoms with Crippen LogP contribution in [0.5, 0.6) is 11.5 Å². The van der Waals surface area contributed by atoms with Gasteiger partial charge < -0.3 is 19.8 Å². The van der Waals surface area contributed by atoms with Gasteiger partial charge in [-0.15, -0.1) is 11.3 Å². The molecule has 176 valence electrons. The Labute approximate surface area is 202 Å². The molecule has 34 heavy (non-hydrogen) atoms. The normalized spacial score (nSPS) is 15.8. The van der Waals surface area contributed by atoms with Gasteiger partial charge in [-0.05, 0) is 50.5 Å². The highest BCUT2D eigenvalue weighted by Gasteiger charge is 2.44. The number of aromatic nitrogens is 1. The molecule has 1 aliphatic heterocycles. The first-order chi connectivity index (χ1) is 16.3. The molecule has 7 nitrogen and oxygen atoms in total. The van der Waals surface area contributed by atoms with Gasteiger partial charge in [0.05, 0.1) is 33.8 Å². The van der Waals surface area contributed by atoms with Crippen LogP contribution in [0.25, 0.3) is 0 Å². The number of aryl methyl sites for hydroxylation is 2. The second-order valence-electron chi connectivity index (χ2n) is 8.04. The molecule has 2 N–H and O–H groups in total. The van der Waals surface area contributed by atoms with Gasteiger partial charge in [-0.3, -0.25) is 9.59 Å². The predicted octanol–water partition coefficient (Wildman–Crippen LogP) is 4.69. The van der Waals surface area contributed by atoms with Crippen LogP contribution in [0, 0.1) is 13.8 Å². The van der Waals surface area contributed by atoms with Crippen LogP contribution in [-0.4, -0.2) is 44.9 Å². The zero-order valence-electron chi connectivity index (χ0n) is 19.2. The summed E-state index contributed by atoms with van der Waals surface area (Å²) >= 11 is 1.23. The number of hydrogen-bond acceptors (Lipinski definition) is 7. The van der Waals surface area contributed by atoms with Crippen molar-refractivity contribution >= 4 is 23.0 Å². The number of aliphatic hydroxyl groups is 1. The van der Waals surface area contributed by atoms with Crippen LogP contribution in [0.3, 0.4) is 0 Å². The van der Waals surface area contributed by atoms with E-state index in [1.165, 1.54) is 22.3 Å². The van der Waals surface area contributed by atoms with E-state index in [0.717, 1.165) is 10.6 Å². The van der Waals surface area contributed by atoms with Crippen LogP contribution < -0.4 is 4.74 Å². The van der Waals surface area contributed by atoms with Gasteiger partial charge in [0.25, 0.3) is 5.91 Å². The molecule has 0 saturated heterocycles. The number of ether oxygens (including phenoxy) is 1. The smallest absolute Gasteiger partial charge is 0.290 e. The third kappa shape index (κ3) is 4.41. The number of thiazole rings is 1. The SMILES string of the molecule is CCOc1cc(C2C(C(=O)c3sc(C)nc3C)=C(O)C(=O)N2CCc2ccccc2)ccc1O. The molecule has 1 unspecified atom stereocenters. The molecule has 2 heterocycles. The molecule has 1 atom stereocenters. The molecule has 0 aliphatic carbocycles. The summed E-state index contributed by atoms with van der Waals surface area (Å²) in [5.41, 5.74) is 2.16. The molecule has 1 aliphatic rings. The Morgan fingerprint density at radius 1 is 1.15 bits per heavy atom. The van der Waals surface area contributed by atoms with Crippen LogP contribution in [0.4, 0.5) is 0 Å². The number of amides is 1. The van der Waals surface area contributed by atoms with Crippen molar-refractivity contribution in [2.75, 3.05) is 13.2 Å². The van der Waals surface area contributed by atoms with Crippen molar-refractivity contribution in [1.82, 2.24) is 9.88 Å². The molecule has 1 aromatic heterocycles. The zero-order valence-corrected chi connectivity index (χ0v) is 20.1. The fraction of sp³-hybridized carbons (Fsp3) is 0.269. The lowest BCUT2D eigenvalue weighted by atomic mass is 9.94. The molecule has 1 amide bonds. The van der Waals surface area contributed by atoms with Crippen molar-refractivity contribution in [3.8, 4) is 11.5 Å². The number of carbonyl (C=O) groups is 2. The maximum atomic E-state index is 13.6. The number of carbonyl (C=O) groups excluding carboxylic acids is 2. The number of phenols is 1. The molecule has 4 rings (SSSR count). The lowest BCUT2D eigenvalue weighted by molar-refractivity contribution is -0.129. The topological polar surface area (TPSA) is 100.0 Å². The van der Waals surface area contributed by atoms with Crippen molar-refractivity contribution in [2.24, 2.45) is 0 Å². The molecule has 0 saturated carbocycles. The van der Waals surface area contributed by atoms with E-state index in [1.54, 1.807) is 32.9 Å². The first kappa shape index (κ1) is 23.5. The first-order valence-corrected chi connectivity index (χ1v) is 11.9. The van der Waals surface area contributed by atoms with Gasteiger partial charge >= 0.3 is 0 Å². The minimum absolute atomic E-state index is 0.0120. The Kier molecular flexibility index (Phi) is 6.70. The van der Waals surface area contributed by atoms with Crippen LogP contribution in [0.1, 0.15) is 44.5 Å². The van der Waals surface area contributed by atoms with Gasteiger partial charge in [-0.25, -0.2) is 4.98 Å². The summed E-state index contributed by atoms with van der Waals surface area (Å²) in [5, 5.41) is 21.8. The number of hydrogen-bond donors (Lipinski definition) is 2. The van der Waals surface area contributed by atoms with E-state index < -0.39 is 23.5 Å². The second kappa shape index (κ2) is 9.69. The predicted molar refractivity (Wildman–Crippen MR) is 129 cm³/mol. The van der Waals surface area contributed by atoms with Gasteiger partial charge in [0.15, 0.2) is 17.3 Å². The van der Waals surface area contributed by atoms with Crippen LogP contribution in [0.2, 0.25) is 0 Å². The number of phenolic OH excluding ortho intramolecular Hbond substituents is 1. The van der Waals surface area contributed by atoms with E-state index in [4.69, 9.17) is 4.74 Å². The van der Waals surface area contributed by atoms with Gasteiger partial charge in [-0.1, -0.05) is 36.4 Å². The third-order valence-electron chi connectivity index (χ3n) is 5.74. The lowest BCUT2D eigenvalue weighted by Gasteiger charge is -2.27. The molecular weight excluding hydrogens is 452 g/mol. The molecular formula is C26H26N2O5S. The molecule has 3 aromatic rings. The quantitative estimate of drug-likeness (QED) is 0.456. The Morgan fingerprint density at radius 2 is 1.88 bits per heavy atom. The summed E-state index contributed by atoms with van der Waals surface area (Å²) in [5.74, 6) is -1.37. The number of ketones is 1. The number of rotatable bonds is 8. The molecule has 2 aromatic carbocycles. The van der Waals surface area contributed by atoms with Crippen molar-refractivity contribution < 1.29 is 24.5 Å². The summed E-state index contributed by atoms with van der Waals surface area (Å²) in [6.45, 7) is 5.97. The van der Waals surface area contributed by atoms with Crippen LogP contribution >= 0.6 is 11.3 Å². The van der Waals surface area contributed by atoms with E-state index in [0.29, 0.717) is 35.7 Å². The summed E-state index contributed by atoms with van der Waals surface area (Å²) in [6, 6.07) is 13.6. The average molecular weight is 479 g/mol. The summed E-state index contributed by atoms with van der Waals surface area (Å²) in [7, 11) is 0. The van der Waals surface area contributed by atoms with Crippen molar-refractivity contribution in [1.29, 1.82) is 0 Å². The maximum Gasteiger partial charge on any atom is 0.290 e. The summed E-state index contributed by atoms with van der Waals surface area (Å²) in [4.78, 5) is 33.0. The van der Waals surface area contributed by atoms with E-state index in [2.05, 4.69) is 4.98 Å². The van der Waals surface area contributed by atoms with E-state index in [9.17, 15) is 19.8 Å². The zero-order chi connectivity index (χ0) is 24.4. The van der Waals surface area contributed by atoms with Gasteiger partial charge in [0, 0.05) is 6.54 Å². The van der Waals surface area contributed by atoms with E-state index in [-0.39, 0.29) is 17.1 Å². The van der Waals surface area contributed by atoms with Crippen molar-refractivity contribution in [3.63, 3.8) is 0 Å². The van der Waals surface area contributed by atoms with E-state index >= 15 is 0 Å². The Bertz CT molecular complexity index is 1270.